The molecule has 3 rings (SSSR count). The van der Waals surface area contributed by atoms with Crippen molar-refractivity contribution in [3.05, 3.63) is 53.9 Å². The lowest BCUT2D eigenvalue weighted by Gasteiger charge is -2.32. The van der Waals surface area contributed by atoms with Crippen LogP contribution in [0.25, 0.3) is 0 Å². The fourth-order valence-electron chi connectivity index (χ4n) is 3.59. The Labute approximate surface area is 162 Å². The van der Waals surface area contributed by atoms with E-state index in [9.17, 15) is 4.79 Å². The highest BCUT2D eigenvalue weighted by Gasteiger charge is 2.24. The van der Waals surface area contributed by atoms with Crippen LogP contribution in [0.3, 0.4) is 0 Å². The van der Waals surface area contributed by atoms with Crippen molar-refractivity contribution >= 4 is 11.9 Å². The number of hydrogen-bond acceptors (Lipinski definition) is 4. The lowest BCUT2D eigenvalue weighted by molar-refractivity contribution is 0.0684. The van der Waals surface area contributed by atoms with Gasteiger partial charge in [-0.1, -0.05) is 50.1 Å². The van der Waals surface area contributed by atoms with E-state index in [0.717, 1.165) is 45.3 Å². The molecule has 1 saturated heterocycles. The summed E-state index contributed by atoms with van der Waals surface area (Å²) in [5, 5.41) is 3.22. The number of unbranched alkanes of at least 4 members (excludes halogenated alkanes) is 2. The quantitative estimate of drug-likeness (QED) is 0.712. The minimum absolute atomic E-state index is 0.0205. The van der Waals surface area contributed by atoms with Crippen LogP contribution in [-0.2, 0) is 6.42 Å². The number of aromatic nitrogens is 2. The maximum atomic E-state index is 12.8. The van der Waals surface area contributed by atoms with Gasteiger partial charge in [0.2, 0.25) is 5.95 Å². The molecular weight excluding hydrogens is 336 g/mol. The van der Waals surface area contributed by atoms with E-state index in [2.05, 4.69) is 52.5 Å². The van der Waals surface area contributed by atoms with Crippen molar-refractivity contribution in [2.45, 2.75) is 45.4 Å². The van der Waals surface area contributed by atoms with Crippen LogP contribution in [0, 0.1) is 5.92 Å². The Morgan fingerprint density at radius 1 is 1.15 bits per heavy atom. The smallest absolute Gasteiger partial charge is 0.272 e. The second-order valence-electron chi connectivity index (χ2n) is 7.32. The van der Waals surface area contributed by atoms with Crippen molar-refractivity contribution in [1.82, 2.24) is 14.9 Å². The zero-order valence-corrected chi connectivity index (χ0v) is 16.2. The lowest BCUT2D eigenvalue weighted by Crippen LogP contribution is -2.39. The molecule has 0 aliphatic carbocycles. The highest BCUT2D eigenvalue weighted by molar-refractivity contribution is 5.92. The summed E-state index contributed by atoms with van der Waals surface area (Å²) in [5.41, 5.74) is 1.88. The first-order valence-corrected chi connectivity index (χ1v) is 10.2. The van der Waals surface area contributed by atoms with Crippen molar-refractivity contribution in [1.29, 1.82) is 0 Å². The molecule has 2 aromatic rings. The van der Waals surface area contributed by atoms with Crippen molar-refractivity contribution in [2.75, 3.05) is 25.0 Å². The van der Waals surface area contributed by atoms with E-state index >= 15 is 0 Å². The van der Waals surface area contributed by atoms with Gasteiger partial charge in [0.05, 0.1) is 0 Å². The van der Waals surface area contributed by atoms with E-state index in [1.165, 1.54) is 18.4 Å². The fraction of sp³-hybridized carbons (Fsp3) is 0.500. The van der Waals surface area contributed by atoms with Crippen LogP contribution < -0.4 is 5.32 Å². The van der Waals surface area contributed by atoms with Crippen LogP contribution in [0.2, 0.25) is 0 Å². The molecule has 1 aromatic heterocycles. The zero-order valence-electron chi connectivity index (χ0n) is 16.2. The molecule has 0 bridgehead atoms. The van der Waals surface area contributed by atoms with Gasteiger partial charge >= 0.3 is 0 Å². The first kappa shape index (κ1) is 19.3. The summed E-state index contributed by atoms with van der Waals surface area (Å²) >= 11 is 0. The Morgan fingerprint density at radius 3 is 2.67 bits per heavy atom. The molecule has 144 valence electrons. The maximum Gasteiger partial charge on any atom is 0.272 e. The largest absolute Gasteiger partial charge is 0.354 e. The molecule has 5 heteroatoms. The van der Waals surface area contributed by atoms with E-state index in [0.29, 0.717) is 17.6 Å². The highest BCUT2D eigenvalue weighted by atomic mass is 16.2. The molecule has 27 heavy (non-hydrogen) atoms. The van der Waals surface area contributed by atoms with Gasteiger partial charge < -0.3 is 10.2 Å². The number of piperidine rings is 1. The van der Waals surface area contributed by atoms with Gasteiger partial charge in [0.1, 0.15) is 5.69 Å². The standard InChI is InChI=1S/C22H30N4O/c1-2-3-7-13-23-22-24-14-10-20(25-22)21(27)26-15-11-19(12-16-26)17-18-8-5-4-6-9-18/h4-6,8-10,14,19H,2-3,7,11-13,15-17H2,1H3,(H,23,24,25). The van der Waals surface area contributed by atoms with E-state index in [1.807, 2.05) is 4.90 Å². The number of nitrogens with one attached hydrogen (secondary N) is 1. The summed E-state index contributed by atoms with van der Waals surface area (Å²) in [6, 6.07) is 12.3. The van der Waals surface area contributed by atoms with Gasteiger partial charge in [-0.3, -0.25) is 4.79 Å². The number of carbonyl (C=O) groups is 1. The predicted molar refractivity (Wildman–Crippen MR) is 109 cm³/mol. The molecule has 0 radical (unpaired) electrons. The fourth-order valence-corrected chi connectivity index (χ4v) is 3.59. The summed E-state index contributed by atoms with van der Waals surface area (Å²) in [4.78, 5) is 23.4. The Balaban J connectivity index is 1.50. The number of hydrogen-bond donors (Lipinski definition) is 1. The molecule has 0 atom stereocenters. The predicted octanol–water partition coefficient (Wildman–Crippen LogP) is 4.17. The van der Waals surface area contributed by atoms with Crippen LogP contribution in [-0.4, -0.2) is 40.4 Å². The second kappa shape index (κ2) is 10.0. The molecule has 1 N–H and O–H groups in total. The number of nitrogens with zero attached hydrogens (tertiary/aromatic N) is 3. The van der Waals surface area contributed by atoms with Crippen LogP contribution in [0.15, 0.2) is 42.6 Å². The van der Waals surface area contributed by atoms with Gasteiger partial charge in [-0.15, -0.1) is 0 Å². The topological polar surface area (TPSA) is 58.1 Å². The Hall–Kier alpha value is -2.43. The molecule has 2 heterocycles. The molecule has 0 spiro atoms. The molecule has 1 amide bonds. The Bertz CT molecular complexity index is 711. The van der Waals surface area contributed by atoms with Crippen LogP contribution >= 0.6 is 0 Å². The van der Waals surface area contributed by atoms with Gasteiger partial charge in [0.25, 0.3) is 5.91 Å². The molecular formula is C22H30N4O. The number of amides is 1. The lowest BCUT2D eigenvalue weighted by atomic mass is 9.90. The monoisotopic (exact) mass is 366 g/mol. The third-order valence-corrected chi connectivity index (χ3v) is 5.21. The van der Waals surface area contributed by atoms with Crippen LogP contribution in [0.4, 0.5) is 5.95 Å². The van der Waals surface area contributed by atoms with Gasteiger partial charge in [0.15, 0.2) is 0 Å². The number of benzene rings is 1. The van der Waals surface area contributed by atoms with E-state index in [-0.39, 0.29) is 5.91 Å². The first-order chi connectivity index (χ1) is 13.3. The van der Waals surface area contributed by atoms with Gasteiger partial charge in [-0.05, 0) is 43.2 Å². The SMILES string of the molecule is CCCCCNc1nccc(C(=O)N2CCC(Cc3ccccc3)CC2)n1. The number of anilines is 1. The summed E-state index contributed by atoms with van der Waals surface area (Å²) in [6.45, 7) is 4.63. The minimum Gasteiger partial charge on any atom is -0.354 e. The molecule has 5 nitrogen and oxygen atoms in total. The van der Waals surface area contributed by atoms with E-state index in [1.54, 1.807) is 12.3 Å². The zero-order chi connectivity index (χ0) is 18.9. The highest BCUT2D eigenvalue weighted by Crippen LogP contribution is 2.22. The number of carbonyl (C=O) groups excluding carboxylic acids is 1. The van der Waals surface area contributed by atoms with Crippen molar-refractivity contribution in [3.63, 3.8) is 0 Å². The normalized spacial score (nSPS) is 14.9. The van der Waals surface area contributed by atoms with E-state index in [4.69, 9.17) is 0 Å². The number of rotatable bonds is 8. The van der Waals surface area contributed by atoms with Gasteiger partial charge in [-0.2, -0.15) is 0 Å². The third-order valence-electron chi connectivity index (χ3n) is 5.21. The summed E-state index contributed by atoms with van der Waals surface area (Å²) in [5.74, 6) is 1.22. The number of likely N-dealkylation sites (tertiary alicyclic amines) is 1. The third kappa shape index (κ3) is 5.78. The average Bonchev–Trinajstić information content (AvgIpc) is 2.72. The summed E-state index contributed by atoms with van der Waals surface area (Å²) in [7, 11) is 0. The van der Waals surface area contributed by atoms with Gasteiger partial charge in [-0.25, -0.2) is 9.97 Å². The molecule has 1 aliphatic heterocycles. The van der Waals surface area contributed by atoms with Gasteiger partial charge in [0, 0.05) is 25.8 Å². The van der Waals surface area contributed by atoms with E-state index < -0.39 is 0 Å². The molecule has 0 saturated carbocycles. The summed E-state index contributed by atoms with van der Waals surface area (Å²) in [6.07, 6.45) is 8.33. The second-order valence-corrected chi connectivity index (χ2v) is 7.32. The molecule has 1 fully saturated rings. The Kier molecular flexibility index (Phi) is 7.19. The average molecular weight is 367 g/mol. The summed E-state index contributed by atoms with van der Waals surface area (Å²) < 4.78 is 0. The Morgan fingerprint density at radius 2 is 1.93 bits per heavy atom. The first-order valence-electron chi connectivity index (χ1n) is 10.2. The van der Waals surface area contributed by atoms with Crippen LogP contribution in [0.5, 0.6) is 0 Å². The molecule has 1 aliphatic rings. The molecule has 0 unspecified atom stereocenters. The van der Waals surface area contributed by atoms with Crippen molar-refractivity contribution in [2.24, 2.45) is 5.92 Å². The minimum atomic E-state index is 0.0205. The maximum absolute atomic E-state index is 12.8. The van der Waals surface area contributed by atoms with Crippen LogP contribution in [0.1, 0.15) is 55.1 Å². The van der Waals surface area contributed by atoms with Crippen molar-refractivity contribution < 1.29 is 4.79 Å². The van der Waals surface area contributed by atoms with Crippen molar-refractivity contribution in [3.8, 4) is 0 Å². The molecule has 1 aromatic carbocycles.